The highest BCUT2D eigenvalue weighted by Gasteiger charge is 2.20. The van der Waals surface area contributed by atoms with Gasteiger partial charge in [0.2, 0.25) is 5.89 Å². The molecule has 4 nitrogen and oxygen atoms in total. The van der Waals surface area contributed by atoms with Crippen LogP contribution in [0.4, 0.5) is 0 Å². The van der Waals surface area contributed by atoms with Gasteiger partial charge in [0.1, 0.15) is 5.52 Å². The number of aromatic nitrogens is 3. The molecule has 0 atom stereocenters. The predicted octanol–water partition coefficient (Wildman–Crippen LogP) is 10.8. The third-order valence-corrected chi connectivity index (χ3v) is 9.14. The summed E-state index contributed by atoms with van der Waals surface area (Å²) in [6.07, 6.45) is 0. The van der Waals surface area contributed by atoms with E-state index in [-0.39, 0.29) is 0 Å². The summed E-state index contributed by atoms with van der Waals surface area (Å²) in [5.41, 5.74) is 9.68. The van der Waals surface area contributed by atoms with Gasteiger partial charge in [0.05, 0.1) is 22.1 Å². The minimum Gasteiger partial charge on any atom is -0.435 e. The fourth-order valence-corrected chi connectivity index (χ4v) is 7.18. The summed E-state index contributed by atoms with van der Waals surface area (Å²) >= 11 is 0. The summed E-state index contributed by atoms with van der Waals surface area (Å²) < 4.78 is 11.1. The van der Waals surface area contributed by atoms with E-state index in [0.717, 1.165) is 38.8 Å². The summed E-state index contributed by atoms with van der Waals surface area (Å²) in [6.45, 7) is 0. The zero-order valence-corrected chi connectivity index (χ0v) is 24.2. The van der Waals surface area contributed by atoms with E-state index < -0.39 is 0 Å². The molecule has 0 aliphatic rings. The van der Waals surface area contributed by atoms with Crippen LogP contribution in [0.2, 0.25) is 0 Å². The lowest BCUT2D eigenvalue weighted by Crippen LogP contribution is -1.94. The Hall–Kier alpha value is -6.13. The monoisotopic (exact) mass is 575 g/mol. The van der Waals surface area contributed by atoms with E-state index in [0.29, 0.717) is 5.89 Å². The van der Waals surface area contributed by atoms with Gasteiger partial charge in [-0.1, -0.05) is 84.9 Å². The van der Waals surface area contributed by atoms with Crippen molar-refractivity contribution >= 4 is 65.5 Å². The van der Waals surface area contributed by atoms with Crippen molar-refractivity contribution in [2.45, 2.75) is 0 Å². The maximum absolute atomic E-state index is 6.35. The first kappa shape index (κ1) is 24.3. The highest BCUT2D eigenvalue weighted by Crippen LogP contribution is 2.42. The molecule has 0 aliphatic carbocycles. The van der Waals surface area contributed by atoms with Crippen LogP contribution in [-0.4, -0.2) is 14.1 Å². The van der Waals surface area contributed by atoms with Crippen LogP contribution in [0.5, 0.6) is 0 Å². The van der Waals surface area contributed by atoms with Crippen molar-refractivity contribution in [1.82, 2.24) is 14.1 Å². The van der Waals surface area contributed by atoms with Crippen LogP contribution in [0.25, 0.3) is 88.3 Å². The first-order valence-corrected chi connectivity index (χ1v) is 15.2. The SMILES string of the molecule is c1ccc(-n2c3ccccc3c3c4c5ccccc5n(-c5ccc(-c6nc7ccc8ccccc8c7o6)cc5)c4ccc32)cc1. The second-order valence-electron chi connectivity index (χ2n) is 11.6. The molecule has 210 valence electrons. The molecule has 7 aromatic carbocycles. The van der Waals surface area contributed by atoms with Crippen molar-refractivity contribution in [2.75, 3.05) is 0 Å². The van der Waals surface area contributed by atoms with Crippen LogP contribution in [-0.2, 0) is 0 Å². The molecule has 0 bridgehead atoms. The molecule has 0 saturated heterocycles. The van der Waals surface area contributed by atoms with Crippen LogP contribution in [0.3, 0.4) is 0 Å². The topological polar surface area (TPSA) is 35.9 Å². The highest BCUT2D eigenvalue weighted by molar-refractivity contribution is 6.28. The van der Waals surface area contributed by atoms with Crippen molar-refractivity contribution in [1.29, 1.82) is 0 Å². The molecule has 0 aliphatic heterocycles. The van der Waals surface area contributed by atoms with E-state index in [9.17, 15) is 0 Å². The molecule has 0 N–H and O–H groups in total. The molecule has 0 spiro atoms. The van der Waals surface area contributed by atoms with Crippen LogP contribution < -0.4 is 0 Å². The molecule has 45 heavy (non-hydrogen) atoms. The van der Waals surface area contributed by atoms with Gasteiger partial charge in [0.25, 0.3) is 0 Å². The van der Waals surface area contributed by atoms with Gasteiger partial charge in [-0.3, -0.25) is 0 Å². The van der Waals surface area contributed by atoms with Crippen molar-refractivity contribution in [2.24, 2.45) is 0 Å². The van der Waals surface area contributed by atoms with E-state index in [1.807, 2.05) is 18.2 Å². The highest BCUT2D eigenvalue weighted by atomic mass is 16.3. The Balaban J connectivity index is 1.19. The van der Waals surface area contributed by atoms with E-state index in [1.54, 1.807) is 0 Å². The molecule has 10 aromatic rings. The Labute approximate surface area is 258 Å². The zero-order valence-electron chi connectivity index (χ0n) is 24.2. The van der Waals surface area contributed by atoms with E-state index >= 15 is 0 Å². The minimum absolute atomic E-state index is 0.630. The third-order valence-electron chi connectivity index (χ3n) is 9.14. The van der Waals surface area contributed by atoms with Gasteiger partial charge in [-0.25, -0.2) is 4.98 Å². The summed E-state index contributed by atoms with van der Waals surface area (Å²) in [7, 11) is 0. The second-order valence-corrected chi connectivity index (χ2v) is 11.6. The Kier molecular flexibility index (Phi) is 4.96. The fraction of sp³-hybridized carbons (Fsp3) is 0. The molecule has 0 radical (unpaired) electrons. The molecule has 0 amide bonds. The van der Waals surface area contributed by atoms with E-state index in [2.05, 4.69) is 143 Å². The molecular weight excluding hydrogens is 550 g/mol. The number of hydrogen-bond acceptors (Lipinski definition) is 2. The number of oxazole rings is 1. The average molecular weight is 576 g/mol. The number of benzene rings is 7. The average Bonchev–Trinajstić information content (AvgIpc) is 3.79. The molecule has 3 aromatic heterocycles. The van der Waals surface area contributed by atoms with Gasteiger partial charge < -0.3 is 13.6 Å². The summed E-state index contributed by atoms with van der Waals surface area (Å²) in [4.78, 5) is 4.84. The summed E-state index contributed by atoms with van der Waals surface area (Å²) in [5.74, 6) is 0.630. The predicted molar refractivity (Wildman–Crippen MR) is 186 cm³/mol. The lowest BCUT2D eigenvalue weighted by molar-refractivity contribution is 0.623. The first-order valence-electron chi connectivity index (χ1n) is 15.2. The van der Waals surface area contributed by atoms with E-state index in [4.69, 9.17) is 9.40 Å². The van der Waals surface area contributed by atoms with Gasteiger partial charge in [0.15, 0.2) is 5.58 Å². The van der Waals surface area contributed by atoms with Gasteiger partial charge in [-0.05, 0) is 72.1 Å². The molecule has 10 rings (SSSR count). The lowest BCUT2D eigenvalue weighted by atomic mass is 10.1. The number of rotatable bonds is 3. The van der Waals surface area contributed by atoms with Gasteiger partial charge in [-0.2, -0.15) is 0 Å². The van der Waals surface area contributed by atoms with Crippen LogP contribution in [0, 0.1) is 0 Å². The Bertz CT molecular complexity index is 2750. The standard InChI is InChI=1S/C41H25N3O/c1-2-11-28(12-3-1)43-34-16-8-6-14-31(34)38-36(43)24-25-37-39(38)32-15-7-9-17-35(32)44(37)29-21-18-27(19-22-29)41-42-33-23-20-26-10-4-5-13-30(26)40(33)45-41/h1-25H. The quantitative estimate of drug-likeness (QED) is 0.210. The normalized spacial score (nSPS) is 12.0. The zero-order chi connectivity index (χ0) is 29.5. The smallest absolute Gasteiger partial charge is 0.227 e. The summed E-state index contributed by atoms with van der Waals surface area (Å²) in [6, 6.07) is 53.6. The molecular formula is C41H25N3O. The minimum atomic E-state index is 0.630. The van der Waals surface area contributed by atoms with Crippen molar-refractivity contribution in [3.63, 3.8) is 0 Å². The molecule has 0 fully saturated rings. The van der Waals surface area contributed by atoms with Gasteiger partial charge in [-0.15, -0.1) is 0 Å². The summed E-state index contributed by atoms with van der Waals surface area (Å²) in [5, 5.41) is 7.26. The van der Waals surface area contributed by atoms with Crippen molar-refractivity contribution in [3.05, 3.63) is 152 Å². The third kappa shape index (κ3) is 3.45. The maximum Gasteiger partial charge on any atom is 0.227 e. The Morgan fingerprint density at radius 3 is 1.64 bits per heavy atom. The molecule has 4 heteroatoms. The van der Waals surface area contributed by atoms with E-state index in [1.165, 1.54) is 43.6 Å². The Morgan fingerprint density at radius 2 is 0.978 bits per heavy atom. The lowest BCUT2D eigenvalue weighted by Gasteiger charge is -2.09. The fourth-order valence-electron chi connectivity index (χ4n) is 7.18. The van der Waals surface area contributed by atoms with Gasteiger partial charge >= 0.3 is 0 Å². The van der Waals surface area contributed by atoms with Gasteiger partial charge in [0, 0.05) is 43.9 Å². The molecule has 0 saturated carbocycles. The van der Waals surface area contributed by atoms with Crippen LogP contribution in [0.1, 0.15) is 0 Å². The number of para-hydroxylation sites is 3. The van der Waals surface area contributed by atoms with Crippen molar-refractivity contribution in [3.8, 4) is 22.8 Å². The van der Waals surface area contributed by atoms with Crippen LogP contribution in [0.15, 0.2) is 156 Å². The Morgan fingerprint density at radius 1 is 0.422 bits per heavy atom. The largest absolute Gasteiger partial charge is 0.435 e. The van der Waals surface area contributed by atoms with Crippen LogP contribution >= 0.6 is 0 Å². The molecule has 3 heterocycles. The van der Waals surface area contributed by atoms with Crippen molar-refractivity contribution < 1.29 is 4.42 Å². The number of fused-ring (bicyclic) bond motifs is 10. The first-order chi connectivity index (χ1) is 22.3. The molecule has 0 unspecified atom stereocenters. The number of hydrogen-bond donors (Lipinski definition) is 0. The number of nitrogens with zero attached hydrogens (tertiary/aromatic N) is 3. The maximum atomic E-state index is 6.35. The second kappa shape index (κ2) is 9.18.